The Morgan fingerprint density at radius 1 is 1.11 bits per heavy atom. The van der Waals surface area contributed by atoms with Crippen LogP contribution in [0.15, 0.2) is 12.4 Å². The molecule has 0 aliphatic rings. The highest BCUT2D eigenvalue weighted by Crippen LogP contribution is 2.16. The molecule has 0 aromatic carbocycles. The predicted octanol–water partition coefficient (Wildman–Crippen LogP) is 3.95. The second-order valence-electron chi connectivity index (χ2n) is 5.27. The maximum Gasteiger partial charge on any atom is 0.125 e. The summed E-state index contributed by atoms with van der Waals surface area (Å²) in [6.07, 6.45) is 15.7. The fraction of sp³-hybridized carbons (Fsp3) is 0.800. The minimum atomic E-state index is 0.102. The van der Waals surface area contributed by atoms with Gasteiger partial charge in [-0.2, -0.15) is 0 Å². The quantitative estimate of drug-likeness (QED) is 0.640. The maximum absolute atomic E-state index is 6.14. The molecule has 1 atom stereocenters. The van der Waals surface area contributed by atoms with Gasteiger partial charge in [0.25, 0.3) is 0 Å². The van der Waals surface area contributed by atoms with Crippen molar-refractivity contribution in [2.24, 2.45) is 12.8 Å². The van der Waals surface area contributed by atoms with Gasteiger partial charge in [0.15, 0.2) is 0 Å². The largest absolute Gasteiger partial charge is 0.337 e. The molecule has 0 aliphatic carbocycles. The summed E-state index contributed by atoms with van der Waals surface area (Å²) in [4.78, 5) is 4.30. The molecule has 0 saturated heterocycles. The first-order valence-electron chi connectivity index (χ1n) is 7.48. The monoisotopic (exact) mass is 251 g/mol. The minimum Gasteiger partial charge on any atom is -0.337 e. The molecule has 2 N–H and O–H groups in total. The molecule has 0 spiro atoms. The van der Waals surface area contributed by atoms with Crippen LogP contribution < -0.4 is 5.73 Å². The topological polar surface area (TPSA) is 43.8 Å². The van der Waals surface area contributed by atoms with Gasteiger partial charge >= 0.3 is 0 Å². The number of nitrogens with zero attached hydrogens (tertiary/aromatic N) is 2. The zero-order chi connectivity index (χ0) is 13.2. The molecule has 0 bridgehead atoms. The predicted molar refractivity (Wildman–Crippen MR) is 77.4 cm³/mol. The van der Waals surface area contributed by atoms with Gasteiger partial charge in [-0.25, -0.2) is 4.98 Å². The van der Waals surface area contributed by atoms with Gasteiger partial charge in [0.05, 0.1) is 6.04 Å². The fourth-order valence-electron chi connectivity index (χ4n) is 2.36. The van der Waals surface area contributed by atoms with E-state index in [9.17, 15) is 0 Å². The van der Waals surface area contributed by atoms with Crippen LogP contribution in [0.4, 0.5) is 0 Å². The van der Waals surface area contributed by atoms with Crippen molar-refractivity contribution in [3.63, 3.8) is 0 Å². The summed E-state index contributed by atoms with van der Waals surface area (Å²) in [5.41, 5.74) is 6.14. The summed E-state index contributed by atoms with van der Waals surface area (Å²) in [7, 11) is 2.01. The molecule has 1 heterocycles. The summed E-state index contributed by atoms with van der Waals surface area (Å²) >= 11 is 0. The first-order chi connectivity index (χ1) is 8.75. The molecule has 0 radical (unpaired) electrons. The van der Waals surface area contributed by atoms with Crippen LogP contribution in [0, 0.1) is 0 Å². The summed E-state index contributed by atoms with van der Waals surface area (Å²) in [6.45, 7) is 2.26. The molecule has 18 heavy (non-hydrogen) atoms. The Kier molecular flexibility index (Phi) is 7.74. The number of hydrogen-bond donors (Lipinski definition) is 1. The average Bonchev–Trinajstić information content (AvgIpc) is 2.79. The molecule has 1 aromatic rings. The highest BCUT2D eigenvalue weighted by atomic mass is 15.1. The third-order valence-electron chi connectivity index (χ3n) is 3.56. The van der Waals surface area contributed by atoms with E-state index in [4.69, 9.17) is 5.73 Å². The Morgan fingerprint density at radius 3 is 2.28 bits per heavy atom. The van der Waals surface area contributed by atoms with Crippen molar-refractivity contribution < 1.29 is 0 Å². The van der Waals surface area contributed by atoms with E-state index in [0.717, 1.165) is 12.2 Å². The third kappa shape index (κ3) is 5.67. The van der Waals surface area contributed by atoms with Crippen LogP contribution >= 0.6 is 0 Å². The van der Waals surface area contributed by atoms with Gasteiger partial charge in [0.1, 0.15) is 5.82 Å². The van der Waals surface area contributed by atoms with Crippen molar-refractivity contribution in [1.82, 2.24) is 9.55 Å². The molecule has 0 amide bonds. The zero-order valence-corrected chi connectivity index (χ0v) is 12.1. The van der Waals surface area contributed by atoms with Crippen LogP contribution in [0.2, 0.25) is 0 Å². The van der Waals surface area contributed by atoms with Gasteiger partial charge in [-0.05, 0) is 6.42 Å². The highest BCUT2D eigenvalue weighted by Gasteiger charge is 2.09. The molecule has 3 nitrogen and oxygen atoms in total. The van der Waals surface area contributed by atoms with E-state index in [2.05, 4.69) is 11.9 Å². The maximum atomic E-state index is 6.14. The molecule has 104 valence electrons. The standard InChI is InChI=1S/C15H29N3/c1-3-4-5-6-7-8-9-10-11-14(16)15-17-12-13-18(15)2/h12-14H,3-11,16H2,1-2H3. The van der Waals surface area contributed by atoms with Gasteiger partial charge in [0.2, 0.25) is 0 Å². The molecule has 0 fully saturated rings. The van der Waals surface area contributed by atoms with Gasteiger partial charge < -0.3 is 10.3 Å². The van der Waals surface area contributed by atoms with Crippen LogP contribution in [-0.2, 0) is 7.05 Å². The number of nitrogens with two attached hydrogens (primary N) is 1. The Balaban J connectivity index is 1.99. The Bertz CT molecular complexity index is 306. The van der Waals surface area contributed by atoms with Gasteiger partial charge in [-0.3, -0.25) is 0 Å². The van der Waals surface area contributed by atoms with E-state index in [0.29, 0.717) is 0 Å². The SMILES string of the molecule is CCCCCCCCCCC(N)c1nccn1C. The first-order valence-corrected chi connectivity index (χ1v) is 7.48. The normalized spacial score (nSPS) is 12.8. The molecule has 0 saturated carbocycles. The Morgan fingerprint density at radius 2 is 1.72 bits per heavy atom. The second-order valence-corrected chi connectivity index (χ2v) is 5.27. The van der Waals surface area contributed by atoms with E-state index < -0.39 is 0 Å². The summed E-state index contributed by atoms with van der Waals surface area (Å²) in [6, 6.07) is 0.102. The van der Waals surface area contributed by atoms with Crippen molar-refractivity contribution in [2.45, 2.75) is 70.8 Å². The van der Waals surface area contributed by atoms with Gasteiger partial charge in [0, 0.05) is 19.4 Å². The van der Waals surface area contributed by atoms with Crippen molar-refractivity contribution in [2.75, 3.05) is 0 Å². The van der Waals surface area contributed by atoms with Crippen LogP contribution in [0.1, 0.15) is 76.6 Å². The summed E-state index contributed by atoms with van der Waals surface area (Å²) < 4.78 is 2.02. The lowest BCUT2D eigenvalue weighted by atomic mass is 10.0. The van der Waals surface area contributed by atoms with Crippen LogP contribution in [-0.4, -0.2) is 9.55 Å². The number of unbranched alkanes of at least 4 members (excludes halogenated alkanes) is 7. The van der Waals surface area contributed by atoms with Crippen LogP contribution in [0.3, 0.4) is 0 Å². The van der Waals surface area contributed by atoms with E-state index in [1.807, 2.05) is 24.0 Å². The molecular weight excluding hydrogens is 222 g/mol. The van der Waals surface area contributed by atoms with Gasteiger partial charge in [-0.15, -0.1) is 0 Å². The van der Waals surface area contributed by atoms with E-state index >= 15 is 0 Å². The lowest BCUT2D eigenvalue weighted by molar-refractivity contribution is 0.517. The lowest BCUT2D eigenvalue weighted by Gasteiger charge is -2.11. The number of aromatic nitrogens is 2. The lowest BCUT2D eigenvalue weighted by Crippen LogP contribution is -2.15. The Labute approximate surface area is 112 Å². The van der Waals surface area contributed by atoms with E-state index in [1.165, 1.54) is 51.4 Å². The van der Waals surface area contributed by atoms with E-state index in [1.54, 1.807) is 0 Å². The van der Waals surface area contributed by atoms with Crippen molar-refractivity contribution in [3.8, 4) is 0 Å². The molecular formula is C15H29N3. The zero-order valence-electron chi connectivity index (χ0n) is 12.1. The van der Waals surface area contributed by atoms with Crippen molar-refractivity contribution in [3.05, 3.63) is 18.2 Å². The molecule has 1 rings (SSSR count). The molecule has 0 aliphatic heterocycles. The van der Waals surface area contributed by atoms with Crippen molar-refractivity contribution >= 4 is 0 Å². The molecule has 1 unspecified atom stereocenters. The summed E-state index contributed by atoms with van der Waals surface area (Å²) in [5, 5.41) is 0. The van der Waals surface area contributed by atoms with Crippen molar-refractivity contribution in [1.29, 1.82) is 0 Å². The van der Waals surface area contributed by atoms with Gasteiger partial charge in [-0.1, -0.05) is 58.3 Å². The minimum absolute atomic E-state index is 0.102. The number of imidazole rings is 1. The average molecular weight is 251 g/mol. The Hall–Kier alpha value is -0.830. The van der Waals surface area contributed by atoms with Crippen LogP contribution in [0.25, 0.3) is 0 Å². The van der Waals surface area contributed by atoms with E-state index in [-0.39, 0.29) is 6.04 Å². The third-order valence-corrected chi connectivity index (χ3v) is 3.56. The summed E-state index contributed by atoms with van der Waals surface area (Å²) in [5.74, 6) is 1.01. The molecule has 1 aromatic heterocycles. The number of aryl methyl sites for hydroxylation is 1. The smallest absolute Gasteiger partial charge is 0.125 e. The fourth-order valence-corrected chi connectivity index (χ4v) is 2.36. The second kappa shape index (κ2) is 9.15. The number of hydrogen-bond acceptors (Lipinski definition) is 2. The van der Waals surface area contributed by atoms with Crippen LogP contribution in [0.5, 0.6) is 0 Å². The first kappa shape index (κ1) is 15.2. The number of rotatable bonds is 10. The molecule has 3 heteroatoms. The highest BCUT2D eigenvalue weighted by molar-refractivity contribution is 4.97.